The van der Waals surface area contributed by atoms with E-state index in [2.05, 4.69) is 15.5 Å². The number of rotatable bonds is 8. The van der Waals surface area contributed by atoms with Gasteiger partial charge in [-0.05, 0) is 25.5 Å². The van der Waals surface area contributed by atoms with Gasteiger partial charge in [-0.15, -0.1) is 21.5 Å². The molecule has 0 saturated carbocycles. The summed E-state index contributed by atoms with van der Waals surface area (Å²) in [7, 11) is 1.87. The Balaban J connectivity index is 1.52. The quantitative estimate of drug-likeness (QED) is 0.258. The van der Waals surface area contributed by atoms with Crippen LogP contribution >= 0.6 is 23.1 Å². The molecule has 0 fully saturated rings. The minimum Gasteiger partial charge on any atom is -0.462 e. The van der Waals surface area contributed by atoms with Gasteiger partial charge in [0.2, 0.25) is 5.91 Å². The van der Waals surface area contributed by atoms with Crippen molar-refractivity contribution in [1.29, 1.82) is 0 Å². The largest absolute Gasteiger partial charge is 0.462 e. The zero-order valence-corrected chi connectivity index (χ0v) is 20.7. The van der Waals surface area contributed by atoms with Gasteiger partial charge in [-0.1, -0.05) is 72.4 Å². The third-order valence-electron chi connectivity index (χ3n) is 5.04. The molecule has 1 amide bonds. The molecule has 0 saturated heterocycles. The maximum atomic E-state index is 13.0. The van der Waals surface area contributed by atoms with Crippen molar-refractivity contribution in [3.8, 4) is 21.8 Å². The fraction of sp³-hybridized carbons (Fsp3) is 0.200. The molecule has 1 unspecified atom stereocenters. The summed E-state index contributed by atoms with van der Waals surface area (Å²) in [4.78, 5) is 26.5. The van der Waals surface area contributed by atoms with Crippen molar-refractivity contribution in [3.05, 3.63) is 72.3 Å². The number of nitrogens with zero attached hydrogens (tertiary/aromatic N) is 3. The van der Waals surface area contributed by atoms with Gasteiger partial charge in [0.25, 0.3) is 0 Å². The van der Waals surface area contributed by atoms with Crippen LogP contribution in [0.15, 0.2) is 71.9 Å². The van der Waals surface area contributed by atoms with Gasteiger partial charge in [-0.3, -0.25) is 4.79 Å². The molecule has 2 aromatic heterocycles. The summed E-state index contributed by atoms with van der Waals surface area (Å²) in [6.07, 6.45) is 0. The summed E-state index contributed by atoms with van der Waals surface area (Å²) in [6.45, 7) is 3.81. The van der Waals surface area contributed by atoms with E-state index in [4.69, 9.17) is 4.74 Å². The Morgan fingerprint density at radius 1 is 1.06 bits per heavy atom. The van der Waals surface area contributed by atoms with Gasteiger partial charge in [0.1, 0.15) is 5.00 Å². The second-order valence-corrected chi connectivity index (χ2v) is 9.78. The highest BCUT2D eigenvalue weighted by molar-refractivity contribution is 8.00. The number of anilines is 1. The number of amides is 1. The average Bonchev–Trinajstić information content (AvgIpc) is 3.44. The molecular weight excluding hydrogens is 468 g/mol. The number of hydrogen-bond donors (Lipinski definition) is 1. The standard InChI is InChI=1S/C25H24N4O3S2/c1-4-32-24(31)19-15-20(17-11-7-5-8-12-17)34-23(19)26-22(30)16(2)33-25-28-27-21(29(25)3)18-13-9-6-10-14-18/h5-16H,4H2,1-3H3,(H,26,30). The Hall–Kier alpha value is -3.43. The fourth-order valence-electron chi connectivity index (χ4n) is 3.27. The summed E-state index contributed by atoms with van der Waals surface area (Å²) >= 11 is 2.65. The molecule has 0 radical (unpaired) electrons. The molecule has 9 heteroatoms. The second kappa shape index (κ2) is 10.7. The summed E-state index contributed by atoms with van der Waals surface area (Å²) in [5.41, 5.74) is 2.27. The Labute approximate surface area is 206 Å². The molecule has 0 spiro atoms. The molecule has 2 aromatic carbocycles. The predicted molar refractivity (Wildman–Crippen MR) is 136 cm³/mol. The summed E-state index contributed by atoms with van der Waals surface area (Å²) in [5, 5.41) is 12.1. The van der Waals surface area contributed by atoms with Gasteiger partial charge >= 0.3 is 5.97 Å². The first-order chi connectivity index (χ1) is 16.5. The van der Waals surface area contributed by atoms with Crippen molar-refractivity contribution in [3.63, 3.8) is 0 Å². The lowest BCUT2D eigenvalue weighted by Crippen LogP contribution is -2.23. The van der Waals surface area contributed by atoms with E-state index >= 15 is 0 Å². The number of aromatic nitrogens is 3. The summed E-state index contributed by atoms with van der Waals surface area (Å²) in [6, 6.07) is 21.2. The molecule has 2 heterocycles. The zero-order chi connectivity index (χ0) is 24.1. The maximum absolute atomic E-state index is 13.0. The van der Waals surface area contributed by atoms with E-state index in [1.54, 1.807) is 19.9 Å². The van der Waals surface area contributed by atoms with E-state index in [-0.39, 0.29) is 12.5 Å². The number of thioether (sulfide) groups is 1. The van der Waals surface area contributed by atoms with Crippen LogP contribution in [0.25, 0.3) is 21.8 Å². The number of esters is 1. The third kappa shape index (κ3) is 5.21. The summed E-state index contributed by atoms with van der Waals surface area (Å²) < 4.78 is 7.07. The van der Waals surface area contributed by atoms with Crippen LogP contribution < -0.4 is 5.32 Å². The smallest absolute Gasteiger partial charge is 0.341 e. The van der Waals surface area contributed by atoms with Crippen LogP contribution in [0.2, 0.25) is 0 Å². The van der Waals surface area contributed by atoms with Crippen LogP contribution in [-0.4, -0.2) is 38.5 Å². The van der Waals surface area contributed by atoms with E-state index in [1.807, 2.05) is 72.3 Å². The second-order valence-electron chi connectivity index (χ2n) is 7.42. The van der Waals surface area contributed by atoms with Gasteiger partial charge < -0.3 is 14.6 Å². The van der Waals surface area contributed by atoms with Crippen LogP contribution in [0.4, 0.5) is 5.00 Å². The minimum atomic E-state index is -0.469. The number of carbonyl (C=O) groups excluding carboxylic acids is 2. The zero-order valence-electron chi connectivity index (χ0n) is 19.0. The highest BCUT2D eigenvalue weighted by Crippen LogP contribution is 2.36. The van der Waals surface area contributed by atoms with Crippen molar-refractivity contribution in [2.45, 2.75) is 24.3 Å². The lowest BCUT2D eigenvalue weighted by atomic mass is 10.1. The molecule has 0 bridgehead atoms. The lowest BCUT2D eigenvalue weighted by Gasteiger charge is -2.12. The van der Waals surface area contributed by atoms with E-state index in [0.29, 0.717) is 15.7 Å². The predicted octanol–water partition coefficient (Wildman–Crippen LogP) is 5.51. The average molecular weight is 493 g/mol. The van der Waals surface area contributed by atoms with Crippen LogP contribution in [-0.2, 0) is 16.6 Å². The SMILES string of the molecule is CCOC(=O)c1cc(-c2ccccc2)sc1NC(=O)C(C)Sc1nnc(-c2ccccc2)n1C. The Bertz CT molecular complexity index is 1290. The Kier molecular flexibility index (Phi) is 7.44. The monoisotopic (exact) mass is 492 g/mol. The first kappa shape index (κ1) is 23.7. The molecule has 4 rings (SSSR count). The van der Waals surface area contributed by atoms with Crippen molar-refractivity contribution < 1.29 is 14.3 Å². The summed E-state index contributed by atoms with van der Waals surface area (Å²) in [5.74, 6) is 0.0321. The Morgan fingerprint density at radius 3 is 2.35 bits per heavy atom. The van der Waals surface area contributed by atoms with Gasteiger partial charge in [0.05, 0.1) is 17.4 Å². The van der Waals surface area contributed by atoms with Crippen LogP contribution in [0, 0.1) is 0 Å². The van der Waals surface area contributed by atoms with Crippen LogP contribution in [0.1, 0.15) is 24.2 Å². The maximum Gasteiger partial charge on any atom is 0.341 e. The lowest BCUT2D eigenvalue weighted by molar-refractivity contribution is -0.115. The fourth-order valence-corrected chi connectivity index (χ4v) is 5.14. The normalized spacial score (nSPS) is 11.7. The van der Waals surface area contributed by atoms with Gasteiger partial charge in [-0.25, -0.2) is 4.79 Å². The van der Waals surface area contributed by atoms with Crippen LogP contribution in [0.5, 0.6) is 0 Å². The number of nitrogens with one attached hydrogen (secondary N) is 1. The van der Waals surface area contributed by atoms with Crippen molar-refractivity contribution in [2.24, 2.45) is 7.05 Å². The number of thiophene rings is 1. The molecule has 1 N–H and O–H groups in total. The number of benzene rings is 2. The molecule has 0 aliphatic rings. The minimum absolute atomic E-state index is 0.235. The number of carbonyl (C=O) groups is 2. The molecule has 0 aliphatic carbocycles. The van der Waals surface area contributed by atoms with Crippen molar-refractivity contribution >= 4 is 40.0 Å². The van der Waals surface area contributed by atoms with Gasteiger partial charge in [0.15, 0.2) is 11.0 Å². The highest BCUT2D eigenvalue weighted by atomic mass is 32.2. The van der Waals surface area contributed by atoms with Crippen molar-refractivity contribution in [1.82, 2.24) is 14.8 Å². The molecule has 7 nitrogen and oxygen atoms in total. The third-order valence-corrected chi connectivity index (χ3v) is 7.27. The molecule has 0 aliphatic heterocycles. The topological polar surface area (TPSA) is 86.1 Å². The van der Waals surface area contributed by atoms with Crippen molar-refractivity contribution in [2.75, 3.05) is 11.9 Å². The van der Waals surface area contributed by atoms with Crippen LogP contribution in [0.3, 0.4) is 0 Å². The van der Waals surface area contributed by atoms with E-state index in [1.165, 1.54) is 23.1 Å². The van der Waals surface area contributed by atoms with Gasteiger partial charge in [-0.2, -0.15) is 0 Å². The first-order valence-corrected chi connectivity index (χ1v) is 12.5. The van der Waals surface area contributed by atoms with Gasteiger partial charge in [0, 0.05) is 17.5 Å². The molecule has 1 atom stereocenters. The number of ether oxygens (including phenoxy) is 1. The number of hydrogen-bond acceptors (Lipinski definition) is 7. The Morgan fingerprint density at radius 2 is 1.71 bits per heavy atom. The van der Waals surface area contributed by atoms with E-state index in [9.17, 15) is 9.59 Å². The van der Waals surface area contributed by atoms with E-state index < -0.39 is 11.2 Å². The molecule has 34 heavy (non-hydrogen) atoms. The molecule has 4 aromatic rings. The first-order valence-electron chi connectivity index (χ1n) is 10.8. The molecular formula is C25H24N4O3S2. The highest BCUT2D eigenvalue weighted by Gasteiger charge is 2.24. The molecule has 174 valence electrons. The van der Waals surface area contributed by atoms with E-state index in [0.717, 1.165) is 21.8 Å².